The van der Waals surface area contributed by atoms with Gasteiger partial charge in [0.25, 0.3) is 0 Å². The van der Waals surface area contributed by atoms with E-state index in [4.69, 9.17) is 10.2 Å². The van der Waals surface area contributed by atoms with Crippen LogP contribution in [0.3, 0.4) is 0 Å². The van der Waals surface area contributed by atoms with Crippen molar-refractivity contribution < 1.29 is 4.42 Å². The number of nitrogens with zero attached hydrogens (tertiary/aromatic N) is 2. The highest BCUT2D eigenvalue weighted by Gasteiger charge is 2.14. The molecule has 0 radical (unpaired) electrons. The molecule has 0 spiro atoms. The minimum Gasteiger partial charge on any atom is -0.457 e. The summed E-state index contributed by atoms with van der Waals surface area (Å²) in [6, 6.07) is 1.77. The molecule has 2 N–H and O–H groups in total. The zero-order valence-electron chi connectivity index (χ0n) is 8.35. The van der Waals surface area contributed by atoms with E-state index in [2.05, 4.69) is 20.9 Å². The summed E-state index contributed by atoms with van der Waals surface area (Å²) in [6.45, 7) is 0. The lowest BCUT2D eigenvalue weighted by molar-refractivity contribution is 0.529. The Morgan fingerprint density at radius 1 is 1.67 bits per heavy atom. The number of rotatable bonds is 3. The zero-order chi connectivity index (χ0) is 10.8. The summed E-state index contributed by atoms with van der Waals surface area (Å²) in [7, 11) is 1.96. The molecule has 15 heavy (non-hydrogen) atoms. The third-order valence-corrected chi connectivity index (χ3v) is 3.01. The average Bonchev–Trinajstić information content (AvgIpc) is 2.76. The van der Waals surface area contributed by atoms with Gasteiger partial charge in [0.1, 0.15) is 5.82 Å². The van der Waals surface area contributed by atoms with Crippen molar-refractivity contribution in [2.45, 2.75) is 12.5 Å². The lowest BCUT2D eigenvalue weighted by Crippen LogP contribution is -2.15. The first-order valence-electron chi connectivity index (χ1n) is 4.63. The molecule has 2 aromatic rings. The molecule has 0 fully saturated rings. The molecule has 2 rings (SSSR count). The summed E-state index contributed by atoms with van der Waals surface area (Å²) in [6.07, 6.45) is 6.00. The van der Waals surface area contributed by atoms with Gasteiger partial charge in [-0.05, 0) is 22.0 Å². The Bertz CT molecular complexity index is 449. The molecular formula is C10H12BrN3O. The van der Waals surface area contributed by atoms with E-state index in [0.29, 0.717) is 11.1 Å². The maximum absolute atomic E-state index is 6.06. The number of hydrogen-bond acceptors (Lipinski definition) is 3. The monoisotopic (exact) mass is 269 g/mol. The van der Waals surface area contributed by atoms with E-state index >= 15 is 0 Å². The smallest absolute Gasteiger partial charge is 0.173 e. The van der Waals surface area contributed by atoms with Gasteiger partial charge in [-0.15, -0.1) is 0 Å². The third kappa shape index (κ3) is 2.13. The Morgan fingerprint density at radius 3 is 3.00 bits per heavy atom. The fourth-order valence-corrected chi connectivity index (χ4v) is 2.00. The van der Waals surface area contributed by atoms with E-state index < -0.39 is 0 Å². The minimum atomic E-state index is -0.0979. The summed E-state index contributed by atoms with van der Waals surface area (Å²) in [5.74, 6) is 0.968. The van der Waals surface area contributed by atoms with Crippen LogP contribution >= 0.6 is 15.9 Å². The first kappa shape index (κ1) is 10.4. The van der Waals surface area contributed by atoms with Crippen molar-refractivity contribution in [1.82, 2.24) is 9.55 Å². The third-order valence-electron chi connectivity index (χ3n) is 2.37. The summed E-state index contributed by atoms with van der Waals surface area (Å²) in [5.41, 5.74) is 7.03. The Balaban J connectivity index is 2.14. The van der Waals surface area contributed by atoms with Gasteiger partial charge < -0.3 is 14.7 Å². The molecule has 0 saturated heterocycles. The second-order valence-corrected chi connectivity index (χ2v) is 4.13. The fourth-order valence-electron chi connectivity index (χ4n) is 1.47. The highest BCUT2D eigenvalue weighted by atomic mass is 79.9. The molecule has 2 heterocycles. The average molecular weight is 270 g/mol. The molecule has 2 aromatic heterocycles. The normalized spacial score (nSPS) is 13.0. The van der Waals surface area contributed by atoms with E-state index in [9.17, 15) is 0 Å². The van der Waals surface area contributed by atoms with E-state index in [1.54, 1.807) is 12.5 Å². The van der Waals surface area contributed by atoms with Crippen molar-refractivity contribution >= 4 is 15.9 Å². The molecular weight excluding hydrogens is 258 g/mol. The largest absolute Gasteiger partial charge is 0.457 e. The highest BCUT2D eigenvalue weighted by molar-refractivity contribution is 9.10. The van der Waals surface area contributed by atoms with E-state index in [1.165, 1.54) is 0 Å². The SMILES string of the molecule is Cn1ccnc1CC(N)c1ccoc1Br. The van der Waals surface area contributed by atoms with Crippen molar-refractivity contribution in [1.29, 1.82) is 0 Å². The zero-order valence-corrected chi connectivity index (χ0v) is 9.94. The van der Waals surface area contributed by atoms with Gasteiger partial charge in [-0.3, -0.25) is 0 Å². The van der Waals surface area contributed by atoms with Gasteiger partial charge in [0.15, 0.2) is 4.67 Å². The molecule has 0 aromatic carbocycles. The Morgan fingerprint density at radius 2 is 2.47 bits per heavy atom. The van der Waals surface area contributed by atoms with Gasteiger partial charge in [0.05, 0.1) is 6.26 Å². The van der Waals surface area contributed by atoms with Crippen LogP contribution in [0.25, 0.3) is 0 Å². The first-order chi connectivity index (χ1) is 7.18. The lowest BCUT2D eigenvalue weighted by atomic mass is 10.1. The standard InChI is InChI=1S/C10H12BrN3O/c1-14-4-3-13-9(14)6-8(12)7-2-5-15-10(7)11/h2-5,8H,6,12H2,1H3. The van der Waals surface area contributed by atoms with Crippen LogP contribution in [0, 0.1) is 0 Å². The molecule has 1 atom stereocenters. The number of furan rings is 1. The van der Waals surface area contributed by atoms with Crippen LogP contribution in [0.1, 0.15) is 17.4 Å². The molecule has 0 aliphatic carbocycles. The number of imidazole rings is 1. The van der Waals surface area contributed by atoms with Gasteiger partial charge in [0.2, 0.25) is 0 Å². The molecule has 80 valence electrons. The molecule has 0 bridgehead atoms. The molecule has 0 aliphatic heterocycles. The molecule has 0 amide bonds. The molecule has 0 aliphatic rings. The number of nitrogens with two attached hydrogens (primary N) is 1. The summed E-state index contributed by atoms with van der Waals surface area (Å²) in [5, 5.41) is 0. The maximum Gasteiger partial charge on any atom is 0.173 e. The van der Waals surface area contributed by atoms with Crippen LogP contribution in [0.5, 0.6) is 0 Å². The molecule has 5 heteroatoms. The van der Waals surface area contributed by atoms with Crippen molar-refractivity contribution in [2.24, 2.45) is 12.8 Å². The van der Waals surface area contributed by atoms with Crippen LogP contribution in [-0.2, 0) is 13.5 Å². The lowest BCUT2D eigenvalue weighted by Gasteiger charge is -2.09. The minimum absolute atomic E-state index is 0.0979. The fraction of sp³-hybridized carbons (Fsp3) is 0.300. The van der Waals surface area contributed by atoms with Crippen molar-refractivity contribution in [3.05, 3.63) is 40.8 Å². The molecule has 1 unspecified atom stereocenters. The van der Waals surface area contributed by atoms with Crippen molar-refractivity contribution in [3.63, 3.8) is 0 Å². The second kappa shape index (κ2) is 4.20. The van der Waals surface area contributed by atoms with Gasteiger partial charge >= 0.3 is 0 Å². The molecule has 0 saturated carbocycles. The van der Waals surface area contributed by atoms with Crippen molar-refractivity contribution in [2.75, 3.05) is 0 Å². The van der Waals surface area contributed by atoms with Crippen LogP contribution in [0.2, 0.25) is 0 Å². The quantitative estimate of drug-likeness (QED) is 0.928. The Labute approximate surface area is 96.2 Å². The van der Waals surface area contributed by atoms with Crippen LogP contribution in [-0.4, -0.2) is 9.55 Å². The predicted molar refractivity (Wildman–Crippen MR) is 60.2 cm³/mol. The predicted octanol–water partition coefficient (Wildman–Crippen LogP) is 2.02. The van der Waals surface area contributed by atoms with Gasteiger partial charge in [-0.25, -0.2) is 4.98 Å². The van der Waals surface area contributed by atoms with Crippen molar-refractivity contribution in [3.8, 4) is 0 Å². The van der Waals surface area contributed by atoms with Crippen LogP contribution in [0.15, 0.2) is 33.8 Å². The highest BCUT2D eigenvalue weighted by Crippen LogP contribution is 2.24. The van der Waals surface area contributed by atoms with E-state index in [-0.39, 0.29) is 6.04 Å². The van der Waals surface area contributed by atoms with Crippen LogP contribution in [0.4, 0.5) is 0 Å². The van der Waals surface area contributed by atoms with Gasteiger partial charge in [-0.1, -0.05) is 0 Å². The van der Waals surface area contributed by atoms with Gasteiger partial charge in [-0.2, -0.15) is 0 Å². The summed E-state index contributed by atoms with van der Waals surface area (Å²) >= 11 is 3.32. The number of aromatic nitrogens is 2. The number of hydrogen-bond donors (Lipinski definition) is 1. The summed E-state index contributed by atoms with van der Waals surface area (Å²) in [4.78, 5) is 4.23. The van der Waals surface area contributed by atoms with Crippen LogP contribution < -0.4 is 5.73 Å². The number of halogens is 1. The van der Waals surface area contributed by atoms with Gasteiger partial charge in [0, 0.05) is 37.5 Å². The van der Waals surface area contributed by atoms with E-state index in [1.807, 2.05) is 23.9 Å². The first-order valence-corrected chi connectivity index (χ1v) is 5.42. The number of aryl methyl sites for hydroxylation is 1. The molecule has 4 nitrogen and oxygen atoms in total. The maximum atomic E-state index is 6.06. The summed E-state index contributed by atoms with van der Waals surface area (Å²) < 4.78 is 7.81. The topological polar surface area (TPSA) is 57.0 Å². The Hall–Kier alpha value is -1.07. The van der Waals surface area contributed by atoms with E-state index in [0.717, 1.165) is 11.4 Å². The Kier molecular flexibility index (Phi) is 2.93. The second-order valence-electron chi connectivity index (χ2n) is 3.41.